The van der Waals surface area contributed by atoms with Gasteiger partial charge in [-0.3, -0.25) is 19.7 Å². The number of carbonyl (C=O) groups excluding carboxylic acids is 3. The van der Waals surface area contributed by atoms with Gasteiger partial charge in [-0.2, -0.15) is 0 Å². The first-order valence-corrected chi connectivity index (χ1v) is 9.96. The van der Waals surface area contributed by atoms with E-state index >= 15 is 0 Å². The Morgan fingerprint density at radius 1 is 1.07 bits per heavy atom. The number of nitrogens with zero attached hydrogens (tertiary/aromatic N) is 1. The summed E-state index contributed by atoms with van der Waals surface area (Å²) in [6.07, 6.45) is 1.68. The zero-order valence-corrected chi connectivity index (χ0v) is 16.0. The van der Waals surface area contributed by atoms with Crippen molar-refractivity contribution in [2.45, 2.75) is 38.4 Å². The molecule has 3 aliphatic heterocycles. The van der Waals surface area contributed by atoms with Crippen molar-refractivity contribution in [1.82, 2.24) is 10.2 Å². The molecule has 148 valence electrons. The SMILES string of the molecule is O=C1CCC(N2Cc3ccc(CNc4cccc5c4NCC5)cc3C2=O)C(=O)N1. The molecule has 2 aromatic rings. The summed E-state index contributed by atoms with van der Waals surface area (Å²) in [4.78, 5) is 38.1. The van der Waals surface area contributed by atoms with E-state index in [0.29, 0.717) is 25.1 Å². The average Bonchev–Trinajstić information content (AvgIpc) is 3.32. The third-order valence-electron chi connectivity index (χ3n) is 5.92. The fourth-order valence-corrected chi connectivity index (χ4v) is 4.40. The Kier molecular flexibility index (Phi) is 4.23. The van der Waals surface area contributed by atoms with Crippen LogP contribution in [0.5, 0.6) is 0 Å². The molecule has 0 aromatic heterocycles. The Morgan fingerprint density at radius 3 is 2.83 bits per heavy atom. The fraction of sp³-hybridized carbons (Fsp3) is 0.318. The zero-order chi connectivity index (χ0) is 20.0. The summed E-state index contributed by atoms with van der Waals surface area (Å²) in [5.41, 5.74) is 6.12. The van der Waals surface area contributed by atoms with Crippen LogP contribution < -0.4 is 16.0 Å². The van der Waals surface area contributed by atoms with Gasteiger partial charge in [-0.15, -0.1) is 0 Å². The lowest BCUT2D eigenvalue weighted by atomic mass is 10.0. The predicted octanol–water partition coefficient (Wildman–Crippen LogP) is 2.03. The largest absolute Gasteiger partial charge is 0.383 e. The van der Waals surface area contributed by atoms with Crippen LogP contribution in [0.25, 0.3) is 0 Å². The average molecular weight is 390 g/mol. The van der Waals surface area contributed by atoms with Crippen LogP contribution in [-0.4, -0.2) is 35.2 Å². The molecule has 1 fully saturated rings. The number of anilines is 2. The minimum absolute atomic E-state index is 0.140. The lowest BCUT2D eigenvalue weighted by molar-refractivity contribution is -0.136. The highest BCUT2D eigenvalue weighted by atomic mass is 16.2. The molecule has 29 heavy (non-hydrogen) atoms. The van der Waals surface area contributed by atoms with Crippen LogP contribution >= 0.6 is 0 Å². The number of hydrogen-bond donors (Lipinski definition) is 3. The molecule has 7 heteroatoms. The highest BCUT2D eigenvalue weighted by molar-refractivity contribution is 6.05. The zero-order valence-electron chi connectivity index (χ0n) is 16.0. The van der Waals surface area contributed by atoms with Gasteiger partial charge < -0.3 is 15.5 Å². The molecule has 3 heterocycles. The molecule has 7 nitrogen and oxygen atoms in total. The Labute approximate surface area is 168 Å². The number of amides is 3. The van der Waals surface area contributed by atoms with Gasteiger partial charge in [-0.1, -0.05) is 24.3 Å². The number of imide groups is 1. The second-order valence-electron chi connectivity index (χ2n) is 7.76. The molecule has 3 aliphatic rings. The second-order valence-corrected chi connectivity index (χ2v) is 7.76. The number of carbonyl (C=O) groups is 3. The van der Waals surface area contributed by atoms with Crippen LogP contribution in [0.4, 0.5) is 11.4 Å². The second kappa shape index (κ2) is 6.92. The van der Waals surface area contributed by atoms with Gasteiger partial charge in [0.25, 0.3) is 5.91 Å². The number of piperidine rings is 1. The van der Waals surface area contributed by atoms with E-state index in [0.717, 1.165) is 35.5 Å². The summed E-state index contributed by atoms with van der Waals surface area (Å²) in [6, 6.07) is 11.6. The first-order valence-electron chi connectivity index (χ1n) is 9.96. The van der Waals surface area contributed by atoms with Gasteiger partial charge in [0.2, 0.25) is 11.8 Å². The molecule has 0 bridgehead atoms. The number of hydrogen-bond acceptors (Lipinski definition) is 5. The standard InChI is InChI=1S/C22H22N4O3/c27-19-7-6-18(21(28)25-19)26-12-15-5-4-13(10-16(15)22(26)29)11-24-17-3-1-2-14-8-9-23-20(14)17/h1-5,10,18,23-24H,6-9,11-12H2,(H,25,27,28). The molecule has 1 unspecified atom stereocenters. The number of rotatable bonds is 4. The van der Waals surface area contributed by atoms with E-state index in [1.54, 1.807) is 4.90 Å². The number of benzene rings is 2. The minimum atomic E-state index is -0.577. The molecule has 5 rings (SSSR count). The van der Waals surface area contributed by atoms with Crippen molar-refractivity contribution >= 4 is 29.1 Å². The summed E-state index contributed by atoms with van der Waals surface area (Å²) in [5.74, 6) is -0.793. The summed E-state index contributed by atoms with van der Waals surface area (Å²) >= 11 is 0. The minimum Gasteiger partial charge on any atom is -0.383 e. The van der Waals surface area contributed by atoms with Crippen LogP contribution in [0.1, 0.15) is 39.9 Å². The lowest BCUT2D eigenvalue weighted by Gasteiger charge is -2.29. The third kappa shape index (κ3) is 3.12. The van der Waals surface area contributed by atoms with Crippen LogP contribution in [-0.2, 0) is 29.1 Å². The Balaban J connectivity index is 1.31. The van der Waals surface area contributed by atoms with Crippen LogP contribution in [0.15, 0.2) is 36.4 Å². The molecular formula is C22H22N4O3. The smallest absolute Gasteiger partial charge is 0.255 e. The summed E-state index contributed by atoms with van der Waals surface area (Å²) < 4.78 is 0. The lowest BCUT2D eigenvalue weighted by Crippen LogP contribution is -2.52. The van der Waals surface area contributed by atoms with Gasteiger partial charge in [0, 0.05) is 31.6 Å². The normalized spacial score (nSPS) is 20.2. The maximum Gasteiger partial charge on any atom is 0.255 e. The van der Waals surface area contributed by atoms with Crippen molar-refractivity contribution in [3.63, 3.8) is 0 Å². The number of nitrogens with one attached hydrogen (secondary N) is 3. The summed E-state index contributed by atoms with van der Waals surface area (Å²) in [5, 5.41) is 9.22. The maximum absolute atomic E-state index is 12.9. The third-order valence-corrected chi connectivity index (χ3v) is 5.92. The Bertz CT molecular complexity index is 1030. The fourth-order valence-electron chi connectivity index (χ4n) is 4.40. The molecule has 3 N–H and O–H groups in total. The van der Waals surface area contributed by atoms with E-state index in [9.17, 15) is 14.4 Å². The number of para-hydroxylation sites is 1. The van der Waals surface area contributed by atoms with Crippen molar-refractivity contribution in [2.75, 3.05) is 17.2 Å². The van der Waals surface area contributed by atoms with Crippen molar-refractivity contribution in [3.05, 3.63) is 58.7 Å². The summed E-state index contributed by atoms with van der Waals surface area (Å²) in [6.45, 7) is 1.97. The highest BCUT2D eigenvalue weighted by Gasteiger charge is 2.39. The van der Waals surface area contributed by atoms with Gasteiger partial charge in [-0.25, -0.2) is 0 Å². The van der Waals surface area contributed by atoms with Gasteiger partial charge in [-0.05, 0) is 41.7 Å². The molecular weight excluding hydrogens is 368 g/mol. The van der Waals surface area contributed by atoms with Gasteiger partial charge in [0.15, 0.2) is 0 Å². The molecule has 0 spiro atoms. The number of fused-ring (bicyclic) bond motifs is 2. The van der Waals surface area contributed by atoms with Crippen molar-refractivity contribution in [1.29, 1.82) is 0 Å². The molecule has 1 atom stereocenters. The first kappa shape index (κ1) is 17.7. The topological polar surface area (TPSA) is 90.5 Å². The molecule has 3 amide bonds. The van der Waals surface area contributed by atoms with E-state index in [1.165, 1.54) is 5.56 Å². The van der Waals surface area contributed by atoms with Crippen molar-refractivity contribution in [2.24, 2.45) is 0 Å². The van der Waals surface area contributed by atoms with Crippen molar-refractivity contribution < 1.29 is 14.4 Å². The van der Waals surface area contributed by atoms with E-state index in [-0.39, 0.29) is 24.1 Å². The first-order chi connectivity index (χ1) is 14.1. The van der Waals surface area contributed by atoms with Gasteiger partial charge >= 0.3 is 0 Å². The van der Waals surface area contributed by atoms with Gasteiger partial charge in [0.05, 0.1) is 11.4 Å². The van der Waals surface area contributed by atoms with E-state index in [4.69, 9.17) is 0 Å². The molecule has 0 aliphatic carbocycles. The molecule has 1 saturated heterocycles. The van der Waals surface area contributed by atoms with Gasteiger partial charge in [0.1, 0.15) is 6.04 Å². The molecule has 2 aromatic carbocycles. The Morgan fingerprint density at radius 2 is 1.97 bits per heavy atom. The van der Waals surface area contributed by atoms with E-state index < -0.39 is 6.04 Å². The predicted molar refractivity (Wildman–Crippen MR) is 108 cm³/mol. The van der Waals surface area contributed by atoms with E-state index in [2.05, 4.69) is 34.1 Å². The van der Waals surface area contributed by atoms with Crippen LogP contribution in [0.2, 0.25) is 0 Å². The van der Waals surface area contributed by atoms with E-state index in [1.807, 2.05) is 18.2 Å². The van der Waals surface area contributed by atoms with Crippen LogP contribution in [0.3, 0.4) is 0 Å². The molecule has 0 saturated carbocycles. The highest BCUT2D eigenvalue weighted by Crippen LogP contribution is 2.32. The molecule has 0 radical (unpaired) electrons. The van der Waals surface area contributed by atoms with Crippen LogP contribution in [0, 0.1) is 0 Å². The summed E-state index contributed by atoms with van der Waals surface area (Å²) in [7, 11) is 0. The maximum atomic E-state index is 12.9. The monoisotopic (exact) mass is 390 g/mol. The Hall–Kier alpha value is -3.35. The quantitative estimate of drug-likeness (QED) is 0.695. The van der Waals surface area contributed by atoms with Crippen molar-refractivity contribution in [3.8, 4) is 0 Å².